The summed E-state index contributed by atoms with van der Waals surface area (Å²) in [4.78, 5) is 0.286. The van der Waals surface area contributed by atoms with Crippen LogP contribution in [0.15, 0.2) is 34.7 Å². The molecule has 0 aromatic heterocycles. The molecular formula is C11H16ClNO2S. The Hall–Kier alpha value is -0.580. The van der Waals surface area contributed by atoms with Crippen LogP contribution in [0.1, 0.15) is 19.8 Å². The molecule has 0 N–H and O–H groups in total. The summed E-state index contributed by atoms with van der Waals surface area (Å²) in [6.07, 6.45) is 8.21. The van der Waals surface area contributed by atoms with Crippen LogP contribution in [-0.2, 0) is 10.0 Å². The van der Waals surface area contributed by atoms with E-state index in [-0.39, 0.29) is 4.91 Å². The van der Waals surface area contributed by atoms with Gasteiger partial charge in [0.1, 0.15) is 0 Å². The summed E-state index contributed by atoms with van der Waals surface area (Å²) in [5.41, 5.74) is 1.29. The summed E-state index contributed by atoms with van der Waals surface area (Å²) >= 11 is 5.40. The Morgan fingerprint density at radius 2 is 1.94 bits per heavy atom. The zero-order valence-electron chi connectivity index (χ0n) is 9.27. The number of allylic oxidation sites excluding steroid dienone is 4. The van der Waals surface area contributed by atoms with E-state index in [0.29, 0.717) is 13.1 Å². The molecular weight excluding hydrogens is 246 g/mol. The van der Waals surface area contributed by atoms with E-state index in [2.05, 4.69) is 0 Å². The fourth-order valence-electron chi connectivity index (χ4n) is 1.60. The average Bonchev–Trinajstić information content (AvgIpc) is 2.77. The van der Waals surface area contributed by atoms with E-state index < -0.39 is 10.0 Å². The zero-order valence-corrected chi connectivity index (χ0v) is 10.8. The Balaban J connectivity index is 3.01. The predicted molar refractivity (Wildman–Crippen MR) is 67.6 cm³/mol. The molecule has 1 rings (SSSR count). The molecule has 1 saturated heterocycles. The van der Waals surface area contributed by atoms with Crippen molar-refractivity contribution < 1.29 is 8.42 Å². The molecule has 0 amide bonds. The van der Waals surface area contributed by atoms with Crippen LogP contribution in [0.4, 0.5) is 0 Å². The maximum atomic E-state index is 12.2. The van der Waals surface area contributed by atoms with Gasteiger partial charge in [0.2, 0.25) is 10.0 Å². The van der Waals surface area contributed by atoms with Crippen LogP contribution in [0.25, 0.3) is 0 Å². The summed E-state index contributed by atoms with van der Waals surface area (Å²) in [5.74, 6) is 0. The monoisotopic (exact) mass is 261 g/mol. The smallest absolute Gasteiger partial charge is 0.207 e. The van der Waals surface area contributed by atoms with Gasteiger partial charge in [-0.05, 0) is 38.0 Å². The molecule has 5 heteroatoms. The zero-order chi connectivity index (χ0) is 12.0. The van der Waals surface area contributed by atoms with Gasteiger partial charge in [-0.15, -0.1) is 0 Å². The first kappa shape index (κ1) is 13.5. The molecule has 0 atom stereocenters. The molecule has 0 unspecified atom stereocenters. The minimum Gasteiger partial charge on any atom is -0.207 e. The Kier molecular flexibility index (Phi) is 5.25. The van der Waals surface area contributed by atoms with Gasteiger partial charge in [0.05, 0.1) is 4.91 Å². The fraction of sp³-hybridized carbons (Fsp3) is 0.455. The SMILES string of the molecule is C\C=C/C(=C\C=C\Cl)S(=O)(=O)N1CCCC1. The summed E-state index contributed by atoms with van der Waals surface area (Å²) in [5, 5.41) is 0. The average molecular weight is 262 g/mol. The van der Waals surface area contributed by atoms with Crippen molar-refractivity contribution in [3.05, 3.63) is 34.7 Å². The van der Waals surface area contributed by atoms with Crippen molar-refractivity contribution in [2.24, 2.45) is 0 Å². The van der Waals surface area contributed by atoms with Crippen LogP contribution >= 0.6 is 11.6 Å². The highest BCUT2D eigenvalue weighted by atomic mass is 35.5. The van der Waals surface area contributed by atoms with Gasteiger partial charge in [0, 0.05) is 18.6 Å². The van der Waals surface area contributed by atoms with E-state index in [1.807, 2.05) is 0 Å². The van der Waals surface area contributed by atoms with Crippen LogP contribution in [0, 0.1) is 0 Å². The third-order valence-electron chi connectivity index (χ3n) is 2.37. The highest BCUT2D eigenvalue weighted by Gasteiger charge is 2.27. The Bertz CT molecular complexity index is 404. The van der Waals surface area contributed by atoms with Crippen molar-refractivity contribution in [3.8, 4) is 0 Å². The van der Waals surface area contributed by atoms with E-state index in [4.69, 9.17) is 11.6 Å². The number of sulfonamides is 1. The van der Waals surface area contributed by atoms with E-state index >= 15 is 0 Å². The molecule has 3 nitrogen and oxygen atoms in total. The standard InChI is InChI=1S/C11H16ClNO2S/c1-2-6-11(7-5-8-12)16(14,15)13-9-3-4-10-13/h2,5-8H,3-4,9-10H2,1H3/b6-2-,8-5+,11-7+. The summed E-state index contributed by atoms with van der Waals surface area (Å²) in [7, 11) is -3.34. The van der Waals surface area contributed by atoms with Crippen molar-refractivity contribution in [1.29, 1.82) is 0 Å². The minimum absolute atomic E-state index is 0.286. The molecule has 1 aliphatic rings. The maximum Gasteiger partial charge on any atom is 0.243 e. The Morgan fingerprint density at radius 3 is 2.44 bits per heavy atom. The number of hydrogen-bond donors (Lipinski definition) is 0. The van der Waals surface area contributed by atoms with Crippen molar-refractivity contribution in [2.75, 3.05) is 13.1 Å². The van der Waals surface area contributed by atoms with Gasteiger partial charge in [-0.3, -0.25) is 0 Å². The second kappa shape index (κ2) is 6.23. The molecule has 1 fully saturated rings. The van der Waals surface area contributed by atoms with E-state index in [1.54, 1.807) is 19.1 Å². The van der Waals surface area contributed by atoms with E-state index in [0.717, 1.165) is 12.8 Å². The second-order valence-electron chi connectivity index (χ2n) is 3.50. The van der Waals surface area contributed by atoms with Crippen molar-refractivity contribution in [3.63, 3.8) is 0 Å². The lowest BCUT2D eigenvalue weighted by Crippen LogP contribution is -2.28. The lowest BCUT2D eigenvalue weighted by Gasteiger charge is -2.15. The Morgan fingerprint density at radius 1 is 1.31 bits per heavy atom. The quantitative estimate of drug-likeness (QED) is 0.730. The van der Waals surface area contributed by atoms with Gasteiger partial charge in [-0.1, -0.05) is 17.7 Å². The molecule has 0 saturated carbocycles. The first-order valence-corrected chi connectivity index (χ1v) is 7.10. The maximum absolute atomic E-state index is 12.2. The third-order valence-corrected chi connectivity index (χ3v) is 4.43. The fourth-order valence-corrected chi connectivity index (χ4v) is 3.27. The largest absolute Gasteiger partial charge is 0.243 e. The first-order valence-electron chi connectivity index (χ1n) is 5.23. The molecule has 1 heterocycles. The molecule has 0 aromatic rings. The van der Waals surface area contributed by atoms with Gasteiger partial charge < -0.3 is 0 Å². The minimum atomic E-state index is -3.34. The van der Waals surface area contributed by atoms with Crippen molar-refractivity contribution >= 4 is 21.6 Å². The molecule has 16 heavy (non-hydrogen) atoms. The number of rotatable bonds is 4. The van der Waals surface area contributed by atoms with Crippen molar-refractivity contribution in [1.82, 2.24) is 4.31 Å². The van der Waals surface area contributed by atoms with Gasteiger partial charge in [0.25, 0.3) is 0 Å². The van der Waals surface area contributed by atoms with Crippen molar-refractivity contribution in [2.45, 2.75) is 19.8 Å². The third kappa shape index (κ3) is 3.20. The lowest BCUT2D eigenvalue weighted by atomic mass is 10.4. The molecule has 0 radical (unpaired) electrons. The molecule has 0 bridgehead atoms. The molecule has 0 aliphatic carbocycles. The van der Waals surface area contributed by atoms with E-state index in [9.17, 15) is 8.42 Å². The highest BCUT2D eigenvalue weighted by molar-refractivity contribution is 7.93. The normalized spacial score (nSPS) is 20.2. The summed E-state index contributed by atoms with van der Waals surface area (Å²) in [6.45, 7) is 3.02. The van der Waals surface area contributed by atoms with Gasteiger partial charge >= 0.3 is 0 Å². The number of hydrogen-bond acceptors (Lipinski definition) is 2. The van der Waals surface area contributed by atoms with Crippen LogP contribution < -0.4 is 0 Å². The van der Waals surface area contributed by atoms with Gasteiger partial charge in [-0.25, -0.2) is 8.42 Å². The number of nitrogens with zero attached hydrogens (tertiary/aromatic N) is 1. The lowest BCUT2D eigenvalue weighted by molar-refractivity contribution is 0.484. The number of halogens is 1. The molecule has 90 valence electrons. The van der Waals surface area contributed by atoms with Crippen LogP contribution in [0.3, 0.4) is 0 Å². The predicted octanol–water partition coefficient (Wildman–Crippen LogP) is 2.62. The second-order valence-corrected chi connectivity index (χ2v) is 5.69. The summed E-state index contributed by atoms with van der Waals surface area (Å²) in [6, 6.07) is 0. The van der Waals surface area contributed by atoms with Crippen LogP contribution in [-0.4, -0.2) is 25.8 Å². The first-order chi connectivity index (χ1) is 7.62. The van der Waals surface area contributed by atoms with Gasteiger partial charge in [-0.2, -0.15) is 4.31 Å². The molecule has 1 aliphatic heterocycles. The molecule has 0 spiro atoms. The Labute approximate surface area is 102 Å². The van der Waals surface area contributed by atoms with Crippen LogP contribution in [0.2, 0.25) is 0 Å². The topological polar surface area (TPSA) is 37.4 Å². The van der Waals surface area contributed by atoms with E-state index in [1.165, 1.54) is 22.0 Å². The van der Waals surface area contributed by atoms with Crippen LogP contribution in [0.5, 0.6) is 0 Å². The molecule has 0 aromatic carbocycles. The van der Waals surface area contributed by atoms with Gasteiger partial charge in [0.15, 0.2) is 0 Å². The highest BCUT2D eigenvalue weighted by Crippen LogP contribution is 2.20. The summed E-state index contributed by atoms with van der Waals surface area (Å²) < 4.78 is 25.8.